The number of aliphatic hydroxyl groups is 1. The molecule has 0 spiro atoms. The lowest BCUT2D eigenvalue weighted by molar-refractivity contribution is 0.103. The minimum absolute atomic E-state index is 0.00798. The molecule has 116 valence electrons. The second kappa shape index (κ2) is 6.37. The number of benzene rings is 1. The quantitative estimate of drug-likeness (QED) is 0.420. The SMILES string of the molecule is O=C(C=C(O)c1ccoc1Oc1ccccc1Cl)c1ncn[nH]1. The number of nitrogens with zero attached hydrogens (tertiary/aromatic N) is 2. The molecule has 0 amide bonds. The number of nitrogens with one attached hydrogen (secondary N) is 1. The smallest absolute Gasteiger partial charge is 0.301 e. The van der Waals surface area contributed by atoms with Crippen molar-refractivity contribution in [3.8, 4) is 11.7 Å². The summed E-state index contributed by atoms with van der Waals surface area (Å²) in [5, 5.41) is 16.5. The lowest BCUT2D eigenvalue weighted by Crippen LogP contribution is -1.99. The summed E-state index contributed by atoms with van der Waals surface area (Å²) in [7, 11) is 0. The van der Waals surface area contributed by atoms with Crippen molar-refractivity contribution in [2.24, 2.45) is 0 Å². The van der Waals surface area contributed by atoms with E-state index in [9.17, 15) is 9.90 Å². The molecule has 0 saturated carbocycles. The number of allylic oxidation sites excluding steroid dienone is 1. The molecule has 7 nitrogen and oxygen atoms in total. The molecule has 0 saturated heterocycles. The van der Waals surface area contributed by atoms with Crippen LogP contribution in [-0.2, 0) is 0 Å². The van der Waals surface area contributed by atoms with Gasteiger partial charge < -0.3 is 14.3 Å². The van der Waals surface area contributed by atoms with Gasteiger partial charge >= 0.3 is 5.95 Å². The third-order valence-corrected chi connectivity index (χ3v) is 3.17. The summed E-state index contributed by atoms with van der Waals surface area (Å²) in [4.78, 5) is 15.6. The van der Waals surface area contributed by atoms with Gasteiger partial charge in [0, 0.05) is 6.08 Å². The van der Waals surface area contributed by atoms with Crippen molar-refractivity contribution in [3.05, 3.63) is 65.4 Å². The molecule has 0 aliphatic rings. The number of carbonyl (C=O) groups is 1. The zero-order valence-electron chi connectivity index (χ0n) is 11.6. The first-order chi connectivity index (χ1) is 11.1. The molecule has 3 rings (SSSR count). The number of H-pyrrole nitrogens is 1. The van der Waals surface area contributed by atoms with Gasteiger partial charge in [0.25, 0.3) is 0 Å². The number of hydrogen-bond acceptors (Lipinski definition) is 6. The van der Waals surface area contributed by atoms with Gasteiger partial charge in [-0.1, -0.05) is 23.7 Å². The van der Waals surface area contributed by atoms with Gasteiger partial charge in [0.2, 0.25) is 5.78 Å². The van der Waals surface area contributed by atoms with E-state index in [-0.39, 0.29) is 23.1 Å². The number of aliphatic hydroxyl groups excluding tert-OH is 1. The number of furan rings is 1. The molecule has 0 unspecified atom stereocenters. The Labute approximate surface area is 135 Å². The second-order valence-corrected chi connectivity index (χ2v) is 4.79. The Morgan fingerprint density at radius 3 is 2.91 bits per heavy atom. The van der Waals surface area contributed by atoms with Crippen molar-refractivity contribution in [1.29, 1.82) is 0 Å². The first-order valence-electron chi connectivity index (χ1n) is 6.46. The maximum atomic E-state index is 11.9. The normalized spacial score (nSPS) is 11.4. The second-order valence-electron chi connectivity index (χ2n) is 4.38. The Kier molecular flexibility index (Phi) is 4.11. The summed E-state index contributed by atoms with van der Waals surface area (Å²) in [5.41, 5.74) is 0.206. The summed E-state index contributed by atoms with van der Waals surface area (Å²) in [6.07, 6.45) is 3.51. The van der Waals surface area contributed by atoms with Gasteiger partial charge in [-0.05, 0) is 18.2 Å². The van der Waals surface area contributed by atoms with E-state index in [1.807, 2.05) is 0 Å². The summed E-state index contributed by atoms with van der Waals surface area (Å²) in [6, 6.07) is 8.27. The van der Waals surface area contributed by atoms with E-state index in [1.54, 1.807) is 24.3 Å². The number of ketones is 1. The van der Waals surface area contributed by atoms with Crippen molar-refractivity contribution in [2.75, 3.05) is 0 Å². The van der Waals surface area contributed by atoms with Crippen molar-refractivity contribution in [3.63, 3.8) is 0 Å². The molecular formula is C15H10ClN3O4. The van der Waals surface area contributed by atoms with E-state index >= 15 is 0 Å². The molecule has 0 radical (unpaired) electrons. The van der Waals surface area contributed by atoms with Gasteiger partial charge in [-0.25, -0.2) is 4.98 Å². The van der Waals surface area contributed by atoms with Gasteiger partial charge in [-0.15, -0.1) is 0 Å². The third-order valence-electron chi connectivity index (χ3n) is 2.86. The minimum atomic E-state index is -0.537. The van der Waals surface area contributed by atoms with E-state index in [1.165, 1.54) is 18.7 Å². The van der Waals surface area contributed by atoms with Gasteiger partial charge in [-0.2, -0.15) is 5.10 Å². The Balaban J connectivity index is 1.86. The van der Waals surface area contributed by atoms with Crippen molar-refractivity contribution < 1.29 is 19.1 Å². The van der Waals surface area contributed by atoms with Crippen LogP contribution in [0, 0.1) is 0 Å². The largest absolute Gasteiger partial charge is 0.507 e. The van der Waals surface area contributed by atoms with Gasteiger partial charge in [0.15, 0.2) is 5.82 Å². The number of halogens is 1. The van der Waals surface area contributed by atoms with Crippen molar-refractivity contribution in [1.82, 2.24) is 15.2 Å². The molecule has 0 fully saturated rings. The molecule has 0 aliphatic carbocycles. The number of aromatic nitrogens is 3. The molecule has 2 heterocycles. The highest BCUT2D eigenvalue weighted by molar-refractivity contribution is 6.32. The fraction of sp³-hybridized carbons (Fsp3) is 0. The fourth-order valence-electron chi connectivity index (χ4n) is 1.79. The average molecular weight is 332 g/mol. The first kappa shape index (κ1) is 14.9. The topological polar surface area (TPSA) is 101 Å². The van der Waals surface area contributed by atoms with Crippen molar-refractivity contribution in [2.45, 2.75) is 0 Å². The van der Waals surface area contributed by atoms with Crippen LogP contribution in [0.4, 0.5) is 0 Å². The van der Waals surface area contributed by atoms with Crippen LogP contribution in [0.3, 0.4) is 0 Å². The predicted molar refractivity (Wildman–Crippen MR) is 81.6 cm³/mol. The van der Waals surface area contributed by atoms with Gasteiger partial charge in [-0.3, -0.25) is 9.89 Å². The average Bonchev–Trinajstić information content (AvgIpc) is 3.20. The van der Waals surface area contributed by atoms with Crippen LogP contribution in [0.2, 0.25) is 5.02 Å². The van der Waals surface area contributed by atoms with Crippen LogP contribution < -0.4 is 4.74 Å². The van der Waals surface area contributed by atoms with Crippen LogP contribution in [0.15, 0.2) is 53.4 Å². The number of carbonyl (C=O) groups excluding carboxylic acids is 1. The maximum Gasteiger partial charge on any atom is 0.301 e. The molecule has 2 aromatic heterocycles. The van der Waals surface area contributed by atoms with Crippen LogP contribution in [0.5, 0.6) is 11.7 Å². The molecular weight excluding hydrogens is 322 g/mol. The fourth-order valence-corrected chi connectivity index (χ4v) is 1.96. The van der Waals surface area contributed by atoms with Crippen LogP contribution in [0.1, 0.15) is 16.2 Å². The zero-order valence-corrected chi connectivity index (χ0v) is 12.3. The Bertz CT molecular complexity index is 855. The minimum Gasteiger partial charge on any atom is -0.507 e. The molecule has 1 aromatic carbocycles. The highest BCUT2D eigenvalue weighted by Crippen LogP contribution is 2.33. The molecule has 23 heavy (non-hydrogen) atoms. The summed E-state index contributed by atoms with van der Waals surface area (Å²) in [6.45, 7) is 0. The zero-order chi connectivity index (χ0) is 16.2. The molecule has 0 bridgehead atoms. The Morgan fingerprint density at radius 2 is 2.17 bits per heavy atom. The van der Waals surface area contributed by atoms with E-state index in [0.29, 0.717) is 10.8 Å². The molecule has 0 atom stereocenters. The van der Waals surface area contributed by atoms with Crippen molar-refractivity contribution >= 4 is 23.1 Å². The Hall–Kier alpha value is -3.06. The lowest BCUT2D eigenvalue weighted by atomic mass is 10.2. The standard InChI is InChI=1S/C15H10ClN3O4/c16-10-3-1-2-4-13(10)23-15-9(5-6-22-15)11(20)7-12(21)14-17-8-18-19-14/h1-8,20H,(H,17,18,19). The number of para-hydroxylation sites is 1. The number of ether oxygens (including phenoxy) is 1. The highest BCUT2D eigenvalue weighted by Gasteiger charge is 2.16. The predicted octanol–water partition coefficient (Wildman–Crippen LogP) is 3.63. The van der Waals surface area contributed by atoms with Gasteiger partial charge in [0.05, 0.1) is 11.3 Å². The summed E-state index contributed by atoms with van der Waals surface area (Å²) >= 11 is 6.01. The summed E-state index contributed by atoms with van der Waals surface area (Å²) in [5.74, 6) is -0.488. The van der Waals surface area contributed by atoms with Crippen LogP contribution in [-0.4, -0.2) is 26.1 Å². The Morgan fingerprint density at radius 1 is 1.35 bits per heavy atom. The first-order valence-corrected chi connectivity index (χ1v) is 6.83. The van der Waals surface area contributed by atoms with E-state index in [4.69, 9.17) is 20.8 Å². The van der Waals surface area contributed by atoms with E-state index < -0.39 is 5.78 Å². The number of aromatic amines is 1. The maximum absolute atomic E-state index is 11.9. The third kappa shape index (κ3) is 3.24. The van der Waals surface area contributed by atoms with Crippen LogP contribution in [0.25, 0.3) is 5.76 Å². The molecule has 3 aromatic rings. The molecule has 0 aliphatic heterocycles. The molecule has 2 N–H and O–H groups in total. The molecule has 8 heteroatoms. The lowest BCUT2D eigenvalue weighted by Gasteiger charge is -2.06. The van der Waals surface area contributed by atoms with E-state index in [0.717, 1.165) is 6.08 Å². The number of hydrogen-bond donors (Lipinski definition) is 2. The highest BCUT2D eigenvalue weighted by atomic mass is 35.5. The van der Waals surface area contributed by atoms with Gasteiger partial charge in [0.1, 0.15) is 23.4 Å². The summed E-state index contributed by atoms with van der Waals surface area (Å²) < 4.78 is 10.7. The monoisotopic (exact) mass is 331 g/mol. The van der Waals surface area contributed by atoms with E-state index in [2.05, 4.69) is 15.2 Å². The number of rotatable bonds is 5. The van der Waals surface area contributed by atoms with Crippen LogP contribution >= 0.6 is 11.6 Å².